The molecule has 7 heteroatoms. The number of aromatic nitrogens is 2. The fourth-order valence-corrected chi connectivity index (χ4v) is 4.42. The van der Waals surface area contributed by atoms with Crippen molar-refractivity contribution >= 4 is 23.7 Å². The van der Waals surface area contributed by atoms with Gasteiger partial charge in [-0.3, -0.25) is 4.90 Å². The lowest BCUT2D eigenvalue weighted by Crippen LogP contribution is -2.46. The molecule has 1 saturated heterocycles. The zero-order valence-corrected chi connectivity index (χ0v) is 16.2. The number of aryl methyl sites for hydroxylation is 1. The van der Waals surface area contributed by atoms with Crippen molar-refractivity contribution in [1.29, 1.82) is 0 Å². The minimum Gasteiger partial charge on any atom is -0.337 e. The Bertz CT molecular complexity index is 863. The van der Waals surface area contributed by atoms with Gasteiger partial charge in [0.1, 0.15) is 11.6 Å². The highest BCUT2D eigenvalue weighted by molar-refractivity contribution is 7.15. The number of thiophene rings is 1. The molecule has 0 aliphatic carbocycles. The van der Waals surface area contributed by atoms with E-state index in [9.17, 15) is 4.39 Å². The highest BCUT2D eigenvalue weighted by Crippen LogP contribution is 2.32. The molecule has 1 aliphatic heterocycles. The number of halogens is 2. The van der Waals surface area contributed by atoms with Crippen LogP contribution in [0.15, 0.2) is 48.8 Å². The van der Waals surface area contributed by atoms with Gasteiger partial charge in [-0.2, -0.15) is 0 Å². The molecule has 138 valence electrons. The summed E-state index contributed by atoms with van der Waals surface area (Å²) in [5, 5.41) is 3.46. The molecule has 0 amide bonds. The lowest BCUT2D eigenvalue weighted by molar-refractivity contribution is 0.146. The van der Waals surface area contributed by atoms with E-state index in [4.69, 9.17) is 0 Å². The van der Waals surface area contributed by atoms with E-state index in [2.05, 4.69) is 25.8 Å². The summed E-state index contributed by atoms with van der Waals surface area (Å²) in [4.78, 5) is 9.22. The van der Waals surface area contributed by atoms with E-state index < -0.39 is 0 Å². The van der Waals surface area contributed by atoms with Gasteiger partial charge in [0.05, 0.1) is 6.04 Å². The van der Waals surface area contributed by atoms with E-state index in [1.165, 1.54) is 10.9 Å². The third kappa shape index (κ3) is 3.83. The van der Waals surface area contributed by atoms with Crippen molar-refractivity contribution in [2.24, 2.45) is 7.05 Å². The maximum absolute atomic E-state index is 14.0. The summed E-state index contributed by atoms with van der Waals surface area (Å²) in [6.07, 6.45) is 3.84. The van der Waals surface area contributed by atoms with Gasteiger partial charge in [0.2, 0.25) is 0 Å². The fourth-order valence-electron chi connectivity index (χ4n) is 3.36. The number of rotatable bonds is 4. The van der Waals surface area contributed by atoms with E-state index in [1.807, 2.05) is 37.6 Å². The molecular weight excluding hydrogens is 371 g/mol. The Balaban J connectivity index is 0.00000196. The second-order valence-corrected chi connectivity index (χ2v) is 7.50. The first kappa shape index (κ1) is 19.0. The van der Waals surface area contributed by atoms with Crippen LogP contribution in [0.4, 0.5) is 4.39 Å². The summed E-state index contributed by atoms with van der Waals surface area (Å²) in [5.74, 6) is 0.919. The number of benzene rings is 1. The van der Waals surface area contributed by atoms with Gasteiger partial charge >= 0.3 is 0 Å². The van der Waals surface area contributed by atoms with Crippen LogP contribution in [0.2, 0.25) is 0 Å². The first-order valence-electron chi connectivity index (χ1n) is 8.48. The van der Waals surface area contributed by atoms with Gasteiger partial charge in [0, 0.05) is 60.9 Å². The maximum atomic E-state index is 14.0. The zero-order valence-electron chi connectivity index (χ0n) is 14.6. The molecule has 0 radical (unpaired) electrons. The molecule has 1 fully saturated rings. The molecule has 2 aromatic heterocycles. The highest BCUT2D eigenvalue weighted by atomic mass is 35.5. The summed E-state index contributed by atoms with van der Waals surface area (Å²) in [7, 11) is 2.04. The van der Waals surface area contributed by atoms with Gasteiger partial charge in [-0.15, -0.1) is 23.7 Å². The van der Waals surface area contributed by atoms with Crippen LogP contribution >= 0.6 is 23.7 Å². The Morgan fingerprint density at radius 2 is 2.12 bits per heavy atom. The minimum atomic E-state index is -0.163. The van der Waals surface area contributed by atoms with E-state index in [0.29, 0.717) is 5.56 Å². The van der Waals surface area contributed by atoms with Crippen molar-refractivity contribution in [3.8, 4) is 10.4 Å². The van der Waals surface area contributed by atoms with E-state index in [1.54, 1.807) is 17.4 Å². The van der Waals surface area contributed by atoms with Crippen LogP contribution in [-0.2, 0) is 13.6 Å². The lowest BCUT2D eigenvalue weighted by atomic mass is 10.1. The molecule has 1 unspecified atom stereocenters. The van der Waals surface area contributed by atoms with Crippen molar-refractivity contribution in [3.63, 3.8) is 0 Å². The molecule has 0 saturated carbocycles. The normalized spacial score (nSPS) is 17.8. The predicted molar refractivity (Wildman–Crippen MR) is 106 cm³/mol. The second kappa shape index (κ2) is 8.31. The third-order valence-corrected chi connectivity index (χ3v) is 5.77. The molecule has 3 aromatic rings. The summed E-state index contributed by atoms with van der Waals surface area (Å²) >= 11 is 1.67. The van der Waals surface area contributed by atoms with Gasteiger partial charge < -0.3 is 9.88 Å². The van der Waals surface area contributed by atoms with Gasteiger partial charge in [0.15, 0.2) is 0 Å². The average molecular weight is 393 g/mol. The highest BCUT2D eigenvalue weighted by Gasteiger charge is 2.27. The largest absolute Gasteiger partial charge is 0.337 e. The Kier molecular flexibility index (Phi) is 6.09. The number of imidazole rings is 1. The molecule has 4 rings (SSSR count). The average Bonchev–Trinajstić information content (AvgIpc) is 3.25. The van der Waals surface area contributed by atoms with Crippen LogP contribution in [0.3, 0.4) is 0 Å². The van der Waals surface area contributed by atoms with Gasteiger partial charge in [-0.1, -0.05) is 18.2 Å². The maximum Gasteiger partial charge on any atom is 0.131 e. The van der Waals surface area contributed by atoms with Crippen LogP contribution in [0.5, 0.6) is 0 Å². The molecule has 1 N–H and O–H groups in total. The second-order valence-electron chi connectivity index (χ2n) is 6.33. The summed E-state index contributed by atoms with van der Waals surface area (Å²) in [6, 6.07) is 11.4. The zero-order chi connectivity index (χ0) is 17.2. The Morgan fingerprint density at radius 3 is 2.88 bits per heavy atom. The SMILES string of the molecule is Cl.Cn1ccnc1C1CNCCN1Cc1ccc(-c2ccccc2F)s1. The molecule has 1 atom stereocenters. The van der Waals surface area contributed by atoms with Crippen molar-refractivity contribution < 1.29 is 4.39 Å². The van der Waals surface area contributed by atoms with Crippen molar-refractivity contribution in [1.82, 2.24) is 19.8 Å². The number of piperazine rings is 1. The van der Waals surface area contributed by atoms with Gasteiger partial charge in [-0.05, 0) is 18.2 Å². The summed E-state index contributed by atoms with van der Waals surface area (Å²) in [6.45, 7) is 3.71. The topological polar surface area (TPSA) is 33.1 Å². The predicted octanol–water partition coefficient (Wildman–Crippen LogP) is 3.86. The monoisotopic (exact) mass is 392 g/mol. The van der Waals surface area contributed by atoms with Crippen LogP contribution in [0, 0.1) is 5.82 Å². The molecule has 3 heterocycles. The van der Waals surface area contributed by atoms with Crippen molar-refractivity contribution in [3.05, 3.63) is 65.3 Å². The van der Waals surface area contributed by atoms with Crippen LogP contribution in [-0.4, -0.2) is 34.1 Å². The molecule has 4 nitrogen and oxygen atoms in total. The fraction of sp³-hybridized carbons (Fsp3) is 0.316. The van der Waals surface area contributed by atoms with E-state index in [0.717, 1.165) is 36.9 Å². The Hall–Kier alpha value is -1.73. The quantitative estimate of drug-likeness (QED) is 0.732. The van der Waals surface area contributed by atoms with Crippen molar-refractivity contribution in [2.75, 3.05) is 19.6 Å². The standard InChI is InChI=1S/C19H21FN4S.ClH/c1-23-10-9-22-19(23)17-12-21-8-11-24(17)13-14-6-7-18(25-14)15-4-2-3-5-16(15)20;/h2-7,9-10,17,21H,8,11-13H2,1H3;1H. The van der Waals surface area contributed by atoms with Gasteiger partial charge in [0.25, 0.3) is 0 Å². The van der Waals surface area contributed by atoms with E-state index in [-0.39, 0.29) is 24.3 Å². The number of nitrogens with zero attached hydrogens (tertiary/aromatic N) is 3. The number of hydrogen-bond acceptors (Lipinski definition) is 4. The first-order valence-corrected chi connectivity index (χ1v) is 9.29. The van der Waals surface area contributed by atoms with Crippen molar-refractivity contribution in [2.45, 2.75) is 12.6 Å². The molecule has 0 spiro atoms. The van der Waals surface area contributed by atoms with Crippen LogP contribution in [0.25, 0.3) is 10.4 Å². The number of hydrogen-bond donors (Lipinski definition) is 1. The molecule has 26 heavy (non-hydrogen) atoms. The smallest absolute Gasteiger partial charge is 0.131 e. The van der Waals surface area contributed by atoms with Crippen LogP contribution in [0.1, 0.15) is 16.7 Å². The first-order chi connectivity index (χ1) is 12.2. The molecule has 0 bridgehead atoms. The van der Waals surface area contributed by atoms with E-state index >= 15 is 0 Å². The number of nitrogens with one attached hydrogen (secondary N) is 1. The summed E-state index contributed by atoms with van der Waals surface area (Å²) in [5.41, 5.74) is 0.680. The molecular formula is C19H22ClFN4S. The van der Waals surface area contributed by atoms with Crippen LogP contribution < -0.4 is 5.32 Å². The van der Waals surface area contributed by atoms with Gasteiger partial charge in [-0.25, -0.2) is 9.37 Å². The molecule has 1 aromatic carbocycles. The Labute approximate surface area is 163 Å². The lowest BCUT2D eigenvalue weighted by Gasteiger charge is -2.35. The minimum absolute atomic E-state index is 0. The molecule has 1 aliphatic rings. The summed E-state index contributed by atoms with van der Waals surface area (Å²) < 4.78 is 16.1. The Morgan fingerprint density at radius 1 is 1.27 bits per heavy atom. The third-order valence-electron chi connectivity index (χ3n) is 4.67.